The van der Waals surface area contributed by atoms with Crippen LogP contribution in [-0.2, 0) is 0 Å². The van der Waals surface area contributed by atoms with Crippen LogP contribution in [-0.4, -0.2) is 5.91 Å². The van der Waals surface area contributed by atoms with Crippen LogP contribution in [0.15, 0.2) is 42.5 Å². The fourth-order valence-corrected chi connectivity index (χ4v) is 1.72. The van der Waals surface area contributed by atoms with Crippen molar-refractivity contribution in [2.24, 2.45) is 0 Å². The Morgan fingerprint density at radius 2 is 2.05 bits per heavy atom. The van der Waals surface area contributed by atoms with Crippen LogP contribution in [0.5, 0.6) is 0 Å². The summed E-state index contributed by atoms with van der Waals surface area (Å²) in [4.78, 5) is 11.9. The van der Waals surface area contributed by atoms with E-state index < -0.39 is 11.7 Å². The van der Waals surface area contributed by atoms with Gasteiger partial charge >= 0.3 is 0 Å². The second-order valence-electron chi connectivity index (χ2n) is 3.77. The third kappa shape index (κ3) is 3.09. The summed E-state index contributed by atoms with van der Waals surface area (Å²) >= 11 is 5.78. The van der Waals surface area contributed by atoms with Gasteiger partial charge in [-0.15, -0.1) is 0 Å². The van der Waals surface area contributed by atoms with Gasteiger partial charge in [0.1, 0.15) is 5.82 Å². The molecule has 0 aliphatic carbocycles. The Morgan fingerprint density at radius 3 is 2.68 bits per heavy atom. The standard InChI is InChI=1S/C14H8ClFN2O/c15-10-2-1-3-11(7-10)18-14(19)12-5-4-9(8-17)6-13(12)16/h1-7H,(H,18,19). The Bertz CT molecular complexity index is 679. The molecule has 5 heteroatoms. The van der Waals surface area contributed by atoms with E-state index in [4.69, 9.17) is 16.9 Å². The lowest BCUT2D eigenvalue weighted by molar-refractivity contribution is 0.102. The quantitative estimate of drug-likeness (QED) is 0.909. The van der Waals surface area contributed by atoms with Crippen LogP contribution in [0.3, 0.4) is 0 Å². The van der Waals surface area contributed by atoms with E-state index >= 15 is 0 Å². The maximum Gasteiger partial charge on any atom is 0.258 e. The molecule has 0 unspecified atom stereocenters. The average molecular weight is 275 g/mol. The Balaban J connectivity index is 2.23. The highest BCUT2D eigenvalue weighted by atomic mass is 35.5. The van der Waals surface area contributed by atoms with Crippen LogP contribution >= 0.6 is 11.6 Å². The van der Waals surface area contributed by atoms with Crippen LogP contribution < -0.4 is 5.32 Å². The van der Waals surface area contributed by atoms with E-state index in [1.54, 1.807) is 30.3 Å². The van der Waals surface area contributed by atoms with Crippen molar-refractivity contribution in [3.8, 4) is 6.07 Å². The van der Waals surface area contributed by atoms with E-state index in [-0.39, 0.29) is 11.1 Å². The summed E-state index contributed by atoms with van der Waals surface area (Å²) in [6.45, 7) is 0. The van der Waals surface area contributed by atoms with E-state index in [0.29, 0.717) is 10.7 Å². The minimum Gasteiger partial charge on any atom is -0.322 e. The number of halogens is 2. The molecular weight excluding hydrogens is 267 g/mol. The highest BCUT2D eigenvalue weighted by Crippen LogP contribution is 2.17. The summed E-state index contributed by atoms with van der Waals surface area (Å²) in [5, 5.41) is 11.6. The molecule has 2 rings (SSSR count). The molecular formula is C14H8ClFN2O. The number of benzene rings is 2. The van der Waals surface area contributed by atoms with Crippen LogP contribution in [0.1, 0.15) is 15.9 Å². The summed E-state index contributed by atoms with van der Waals surface area (Å²) in [6.07, 6.45) is 0. The molecule has 0 radical (unpaired) electrons. The van der Waals surface area contributed by atoms with E-state index in [9.17, 15) is 9.18 Å². The minimum absolute atomic E-state index is 0.126. The minimum atomic E-state index is -0.737. The molecule has 0 bridgehead atoms. The first-order valence-electron chi connectivity index (χ1n) is 5.37. The number of nitrogens with zero attached hydrogens (tertiary/aromatic N) is 1. The second-order valence-corrected chi connectivity index (χ2v) is 4.21. The lowest BCUT2D eigenvalue weighted by atomic mass is 10.1. The summed E-state index contributed by atoms with van der Waals surface area (Å²) in [5.41, 5.74) is 0.511. The molecule has 1 N–H and O–H groups in total. The zero-order chi connectivity index (χ0) is 13.8. The van der Waals surface area contributed by atoms with Gasteiger partial charge in [-0.05, 0) is 36.4 Å². The molecule has 0 aromatic heterocycles. The smallest absolute Gasteiger partial charge is 0.258 e. The van der Waals surface area contributed by atoms with Gasteiger partial charge in [0.25, 0.3) is 5.91 Å². The van der Waals surface area contributed by atoms with E-state index in [0.717, 1.165) is 6.07 Å². The number of nitriles is 1. The van der Waals surface area contributed by atoms with Gasteiger partial charge in [-0.1, -0.05) is 17.7 Å². The molecule has 0 aliphatic rings. The zero-order valence-corrected chi connectivity index (χ0v) is 10.4. The van der Waals surface area contributed by atoms with Crippen LogP contribution in [0.2, 0.25) is 5.02 Å². The molecule has 0 atom stereocenters. The van der Waals surface area contributed by atoms with Gasteiger partial charge in [0.05, 0.1) is 17.2 Å². The van der Waals surface area contributed by atoms with Crippen molar-refractivity contribution in [3.05, 3.63) is 64.4 Å². The van der Waals surface area contributed by atoms with Crippen molar-refractivity contribution >= 4 is 23.2 Å². The van der Waals surface area contributed by atoms with E-state index in [1.807, 2.05) is 0 Å². The fourth-order valence-electron chi connectivity index (χ4n) is 1.53. The SMILES string of the molecule is N#Cc1ccc(C(=O)Nc2cccc(Cl)c2)c(F)c1. The zero-order valence-electron chi connectivity index (χ0n) is 9.65. The molecule has 0 spiro atoms. The molecule has 3 nitrogen and oxygen atoms in total. The second kappa shape index (κ2) is 5.51. The van der Waals surface area contributed by atoms with Crippen LogP contribution in [0.25, 0.3) is 0 Å². The molecule has 0 saturated heterocycles. The normalized spacial score (nSPS) is 9.74. The Morgan fingerprint density at radius 1 is 1.26 bits per heavy atom. The first-order valence-corrected chi connectivity index (χ1v) is 5.74. The van der Waals surface area contributed by atoms with Crippen molar-refractivity contribution in [2.75, 3.05) is 5.32 Å². The Labute approximate surface area is 114 Å². The van der Waals surface area contributed by atoms with Crippen LogP contribution in [0.4, 0.5) is 10.1 Å². The monoisotopic (exact) mass is 274 g/mol. The lowest BCUT2D eigenvalue weighted by Crippen LogP contribution is -2.13. The number of nitrogens with one attached hydrogen (secondary N) is 1. The molecule has 0 fully saturated rings. The molecule has 2 aromatic carbocycles. The first kappa shape index (κ1) is 13.1. The number of hydrogen-bond donors (Lipinski definition) is 1. The highest BCUT2D eigenvalue weighted by Gasteiger charge is 2.12. The maximum atomic E-state index is 13.6. The van der Waals surface area contributed by atoms with Gasteiger partial charge in [0.2, 0.25) is 0 Å². The molecule has 19 heavy (non-hydrogen) atoms. The summed E-state index contributed by atoms with van der Waals surface area (Å²) in [7, 11) is 0. The molecule has 94 valence electrons. The van der Waals surface area contributed by atoms with Gasteiger partial charge in [-0.2, -0.15) is 5.26 Å². The number of carbonyl (C=O) groups excluding carboxylic acids is 1. The average Bonchev–Trinajstić information content (AvgIpc) is 2.38. The molecule has 2 aromatic rings. The maximum absolute atomic E-state index is 13.6. The Kier molecular flexibility index (Phi) is 3.79. The van der Waals surface area contributed by atoms with Crippen molar-refractivity contribution in [1.29, 1.82) is 5.26 Å². The number of rotatable bonds is 2. The number of anilines is 1. The van der Waals surface area contributed by atoms with Crippen molar-refractivity contribution in [2.45, 2.75) is 0 Å². The van der Waals surface area contributed by atoms with Crippen molar-refractivity contribution < 1.29 is 9.18 Å². The highest BCUT2D eigenvalue weighted by molar-refractivity contribution is 6.30. The summed E-state index contributed by atoms with van der Waals surface area (Å²) < 4.78 is 13.6. The third-order valence-corrected chi connectivity index (χ3v) is 2.66. The largest absolute Gasteiger partial charge is 0.322 e. The van der Waals surface area contributed by atoms with Gasteiger partial charge in [0, 0.05) is 10.7 Å². The first-order chi connectivity index (χ1) is 9.10. The van der Waals surface area contributed by atoms with Crippen LogP contribution in [0, 0.1) is 17.1 Å². The number of hydrogen-bond acceptors (Lipinski definition) is 2. The van der Waals surface area contributed by atoms with Gasteiger partial charge in [-0.25, -0.2) is 4.39 Å². The molecule has 0 saturated carbocycles. The predicted octanol–water partition coefficient (Wildman–Crippen LogP) is 3.60. The topological polar surface area (TPSA) is 52.9 Å². The third-order valence-electron chi connectivity index (χ3n) is 2.43. The van der Waals surface area contributed by atoms with Crippen molar-refractivity contribution in [3.63, 3.8) is 0 Å². The van der Waals surface area contributed by atoms with Gasteiger partial charge in [-0.3, -0.25) is 4.79 Å². The Hall–Kier alpha value is -2.38. The van der Waals surface area contributed by atoms with Gasteiger partial charge < -0.3 is 5.32 Å². The van der Waals surface area contributed by atoms with Crippen molar-refractivity contribution in [1.82, 2.24) is 0 Å². The summed E-state index contributed by atoms with van der Waals surface area (Å²) in [6, 6.07) is 12.0. The molecule has 0 heterocycles. The predicted molar refractivity (Wildman–Crippen MR) is 70.5 cm³/mol. The van der Waals surface area contributed by atoms with E-state index in [1.165, 1.54) is 12.1 Å². The number of amides is 1. The van der Waals surface area contributed by atoms with E-state index in [2.05, 4.69) is 5.32 Å². The van der Waals surface area contributed by atoms with Gasteiger partial charge in [0.15, 0.2) is 0 Å². The fraction of sp³-hybridized carbons (Fsp3) is 0. The lowest BCUT2D eigenvalue weighted by Gasteiger charge is -2.06. The molecule has 1 amide bonds. The molecule has 0 aliphatic heterocycles. The number of carbonyl (C=O) groups is 1. The summed E-state index contributed by atoms with van der Waals surface area (Å²) in [5.74, 6) is -1.33.